The molecule has 0 unspecified atom stereocenters. The standard InChI is InChI=1S/C16H11Cl3N2O5S2/c1-5(22)21-16-15(27)20-4-8(28-16)9-10(17)14(26-7(3)24)12(19)11(18)13(9)25-6(2)23/h4H,1-3H3,(H,20,27). The fourth-order valence-corrected chi connectivity index (χ4v) is 4.07. The number of aromatic amines is 1. The van der Waals surface area contributed by atoms with E-state index in [0.717, 1.165) is 18.3 Å². The van der Waals surface area contributed by atoms with E-state index in [9.17, 15) is 14.4 Å². The maximum absolute atomic E-state index is 11.6. The molecule has 1 aromatic carbocycles. The summed E-state index contributed by atoms with van der Waals surface area (Å²) in [5.41, 5.74) is 0.110. The van der Waals surface area contributed by atoms with Crippen LogP contribution in [-0.4, -0.2) is 22.8 Å². The predicted octanol–water partition coefficient (Wildman–Crippen LogP) is 4.73. The lowest BCUT2D eigenvalue weighted by Crippen LogP contribution is -2.08. The van der Waals surface area contributed by atoms with Crippen LogP contribution in [0.5, 0.6) is 11.5 Å². The highest BCUT2D eigenvalue weighted by Gasteiger charge is 2.27. The molecule has 148 valence electrons. The number of nitrogens with one attached hydrogen (secondary N) is 1. The van der Waals surface area contributed by atoms with Crippen LogP contribution >= 0.6 is 58.4 Å². The molecule has 0 aliphatic rings. The van der Waals surface area contributed by atoms with Gasteiger partial charge in [0.15, 0.2) is 16.2 Å². The summed E-state index contributed by atoms with van der Waals surface area (Å²) < 4.78 is 10.7. The normalized spacial score (nSPS) is 11.3. The molecule has 0 fully saturated rings. The summed E-state index contributed by atoms with van der Waals surface area (Å²) in [5, 5.41) is -0.520. The Morgan fingerprint density at radius 3 is 2.07 bits per heavy atom. The van der Waals surface area contributed by atoms with Gasteiger partial charge in [-0.15, -0.1) is 11.3 Å². The van der Waals surface area contributed by atoms with Crippen LogP contribution in [-0.2, 0) is 14.4 Å². The van der Waals surface area contributed by atoms with Crippen LogP contribution in [0.15, 0.2) is 11.2 Å². The van der Waals surface area contributed by atoms with Crippen molar-refractivity contribution in [3.63, 3.8) is 0 Å². The molecule has 1 amide bonds. The van der Waals surface area contributed by atoms with Gasteiger partial charge in [0.1, 0.15) is 14.7 Å². The van der Waals surface area contributed by atoms with Crippen LogP contribution in [0.2, 0.25) is 15.1 Å². The lowest BCUT2D eigenvalue weighted by molar-refractivity contribution is -0.133. The number of aromatic nitrogens is 1. The highest BCUT2D eigenvalue weighted by molar-refractivity contribution is 7.71. The Kier molecular flexibility index (Phi) is 7.35. The zero-order chi connectivity index (χ0) is 21.2. The number of H-pyrrole nitrogens is 1. The van der Waals surface area contributed by atoms with Crippen LogP contribution in [0.1, 0.15) is 20.8 Å². The Morgan fingerprint density at radius 2 is 1.54 bits per heavy atom. The summed E-state index contributed by atoms with van der Waals surface area (Å²) in [6.45, 7) is 3.59. The second-order valence-electron chi connectivity index (χ2n) is 5.18. The first-order valence-corrected chi connectivity index (χ1v) is 9.74. The molecule has 1 N–H and O–H groups in total. The molecule has 0 bridgehead atoms. The third-order valence-corrected chi connectivity index (χ3v) is 5.62. The van der Waals surface area contributed by atoms with Crippen LogP contribution in [0.3, 0.4) is 0 Å². The Morgan fingerprint density at radius 1 is 1.00 bits per heavy atom. The van der Waals surface area contributed by atoms with Crippen molar-refractivity contribution in [3.8, 4) is 21.9 Å². The number of carbonyl (C=O) groups is 3. The summed E-state index contributed by atoms with van der Waals surface area (Å²) in [7, 11) is 0. The Bertz CT molecular complexity index is 1120. The molecule has 12 heteroatoms. The van der Waals surface area contributed by atoms with E-state index in [-0.39, 0.29) is 41.4 Å². The van der Waals surface area contributed by atoms with Gasteiger partial charge in [0, 0.05) is 27.0 Å². The van der Waals surface area contributed by atoms with Crippen LogP contribution in [0.25, 0.3) is 10.4 Å². The van der Waals surface area contributed by atoms with Gasteiger partial charge in [-0.25, -0.2) is 0 Å². The number of nitrogens with zero attached hydrogens (tertiary/aromatic N) is 1. The molecule has 28 heavy (non-hydrogen) atoms. The van der Waals surface area contributed by atoms with Gasteiger partial charge in [0.2, 0.25) is 5.91 Å². The Labute approximate surface area is 182 Å². The molecule has 1 heterocycles. The molecule has 0 aliphatic heterocycles. The zero-order valence-corrected chi connectivity index (χ0v) is 18.4. The van der Waals surface area contributed by atoms with Gasteiger partial charge in [0.05, 0.1) is 15.5 Å². The minimum Gasteiger partial charge on any atom is -0.424 e. The number of amides is 1. The molecule has 0 saturated carbocycles. The molecule has 0 spiro atoms. The van der Waals surface area contributed by atoms with Crippen LogP contribution in [0, 0.1) is 4.64 Å². The monoisotopic (exact) mass is 480 g/mol. The zero-order valence-electron chi connectivity index (χ0n) is 14.5. The fraction of sp³-hybridized carbons (Fsp3) is 0.188. The first kappa shape index (κ1) is 22.5. The first-order valence-electron chi connectivity index (χ1n) is 7.38. The SMILES string of the molecule is CC(=O)N=c1sc(-c2c(Cl)c(OC(C)=O)c(Cl)c(Cl)c2OC(C)=O)c[nH]c1=S. The quantitative estimate of drug-likeness (QED) is 0.294. The number of hydrogen-bond acceptors (Lipinski definition) is 7. The van der Waals surface area contributed by atoms with Gasteiger partial charge in [-0.3, -0.25) is 14.4 Å². The van der Waals surface area contributed by atoms with Gasteiger partial charge in [0.25, 0.3) is 0 Å². The van der Waals surface area contributed by atoms with Crippen molar-refractivity contribution in [1.82, 2.24) is 4.98 Å². The van der Waals surface area contributed by atoms with Crippen LogP contribution < -0.4 is 14.1 Å². The van der Waals surface area contributed by atoms with Gasteiger partial charge in [-0.2, -0.15) is 4.99 Å². The van der Waals surface area contributed by atoms with E-state index in [1.54, 1.807) is 0 Å². The molecular weight excluding hydrogens is 471 g/mol. The van der Waals surface area contributed by atoms with Gasteiger partial charge >= 0.3 is 11.9 Å². The highest BCUT2D eigenvalue weighted by atomic mass is 35.5. The molecule has 2 rings (SSSR count). The molecule has 0 aliphatic carbocycles. The van der Waals surface area contributed by atoms with Gasteiger partial charge < -0.3 is 14.5 Å². The lowest BCUT2D eigenvalue weighted by Gasteiger charge is -2.17. The summed E-state index contributed by atoms with van der Waals surface area (Å²) >= 11 is 24.9. The average Bonchev–Trinajstić information content (AvgIpc) is 2.58. The smallest absolute Gasteiger partial charge is 0.308 e. The molecule has 0 saturated heterocycles. The first-order chi connectivity index (χ1) is 13.0. The summed E-state index contributed by atoms with van der Waals surface area (Å²) in [4.78, 5) is 41.3. The molecule has 0 atom stereocenters. The minimum absolute atomic E-state index is 0.110. The number of rotatable bonds is 3. The van der Waals surface area contributed by atoms with Crippen molar-refractivity contribution in [2.75, 3.05) is 0 Å². The third kappa shape index (κ3) is 4.98. The molecule has 2 aromatic rings. The molecule has 0 radical (unpaired) electrons. The Hall–Kier alpha value is -1.78. The van der Waals surface area contributed by atoms with Crippen molar-refractivity contribution in [2.24, 2.45) is 4.99 Å². The second kappa shape index (κ2) is 9.15. The number of esters is 2. The van der Waals surface area contributed by atoms with E-state index in [2.05, 4.69) is 9.98 Å². The van der Waals surface area contributed by atoms with E-state index in [1.807, 2.05) is 0 Å². The highest BCUT2D eigenvalue weighted by Crippen LogP contribution is 2.52. The third-order valence-electron chi connectivity index (χ3n) is 2.97. The largest absolute Gasteiger partial charge is 0.424 e. The van der Waals surface area contributed by atoms with Crippen molar-refractivity contribution in [2.45, 2.75) is 20.8 Å². The van der Waals surface area contributed by atoms with E-state index in [1.165, 1.54) is 20.0 Å². The van der Waals surface area contributed by atoms with Crippen molar-refractivity contribution in [1.29, 1.82) is 0 Å². The van der Waals surface area contributed by atoms with Gasteiger partial charge in [-0.05, 0) is 0 Å². The van der Waals surface area contributed by atoms with Crippen molar-refractivity contribution < 1.29 is 23.9 Å². The Balaban J connectivity index is 2.94. The number of halogens is 3. The number of benzene rings is 1. The summed E-state index contributed by atoms with van der Waals surface area (Å²) in [6.07, 6.45) is 1.46. The maximum atomic E-state index is 11.6. The van der Waals surface area contributed by atoms with Crippen molar-refractivity contribution >= 4 is 76.2 Å². The lowest BCUT2D eigenvalue weighted by atomic mass is 10.1. The summed E-state index contributed by atoms with van der Waals surface area (Å²) in [6, 6.07) is 0. The molecule has 1 aromatic heterocycles. The van der Waals surface area contributed by atoms with E-state index >= 15 is 0 Å². The molecular formula is C16H11Cl3N2O5S2. The van der Waals surface area contributed by atoms with Gasteiger partial charge in [-0.1, -0.05) is 47.0 Å². The topological polar surface area (TPSA) is 97.8 Å². The van der Waals surface area contributed by atoms with E-state index < -0.39 is 17.8 Å². The number of ether oxygens (including phenoxy) is 2. The fourth-order valence-electron chi connectivity index (χ4n) is 2.02. The van der Waals surface area contributed by atoms with Crippen molar-refractivity contribution in [3.05, 3.63) is 30.6 Å². The second-order valence-corrected chi connectivity index (χ2v) is 7.76. The number of hydrogen-bond donors (Lipinski definition) is 1. The number of carbonyl (C=O) groups excluding carboxylic acids is 3. The van der Waals surface area contributed by atoms with Crippen LogP contribution in [0.4, 0.5) is 0 Å². The van der Waals surface area contributed by atoms with E-state index in [4.69, 9.17) is 56.5 Å². The minimum atomic E-state index is -0.686. The van der Waals surface area contributed by atoms with E-state index in [0.29, 0.717) is 4.88 Å². The predicted molar refractivity (Wildman–Crippen MR) is 109 cm³/mol. The average molecular weight is 482 g/mol. The molecule has 7 nitrogen and oxygen atoms in total. The summed E-state index contributed by atoms with van der Waals surface area (Å²) in [5.74, 6) is -2.18. The maximum Gasteiger partial charge on any atom is 0.308 e.